The summed E-state index contributed by atoms with van der Waals surface area (Å²) in [5.74, 6) is 0.692. The molecule has 0 bridgehead atoms. The number of thioether (sulfide) groups is 1. The van der Waals surface area contributed by atoms with E-state index in [9.17, 15) is 9.90 Å². The topological polar surface area (TPSA) is 79.1 Å². The number of imidazole rings is 1. The fourth-order valence-electron chi connectivity index (χ4n) is 3.18. The summed E-state index contributed by atoms with van der Waals surface area (Å²) in [6.07, 6.45) is 0.778. The second-order valence-electron chi connectivity index (χ2n) is 6.74. The summed E-state index contributed by atoms with van der Waals surface area (Å²) in [6.45, 7) is 3.76. The van der Waals surface area contributed by atoms with Crippen LogP contribution in [0.4, 0.5) is 0 Å². The number of aryl methyl sites for hydroxylation is 2. The highest BCUT2D eigenvalue weighted by molar-refractivity contribution is 7.98. The number of aromatic amines is 1. The van der Waals surface area contributed by atoms with Crippen molar-refractivity contribution in [2.24, 2.45) is 0 Å². The van der Waals surface area contributed by atoms with Crippen LogP contribution in [0, 0.1) is 13.8 Å². The molecule has 0 fully saturated rings. The van der Waals surface area contributed by atoms with Gasteiger partial charge in [0.25, 0.3) is 0 Å². The molecule has 0 unspecified atom stereocenters. The van der Waals surface area contributed by atoms with Gasteiger partial charge in [0.1, 0.15) is 11.3 Å². The lowest BCUT2D eigenvalue weighted by molar-refractivity contribution is 0.468. The van der Waals surface area contributed by atoms with Crippen LogP contribution < -0.4 is 5.63 Å². The number of phenolic OH excluding ortho intramolecular Hbond substituents is 1. The first-order chi connectivity index (χ1) is 13.5. The molecule has 142 valence electrons. The Hall–Kier alpha value is -2.99. The summed E-state index contributed by atoms with van der Waals surface area (Å²) in [5.41, 5.74) is 4.73. The highest BCUT2D eigenvalue weighted by atomic mass is 32.2. The molecule has 5 nitrogen and oxygen atoms in total. The maximum Gasteiger partial charge on any atom is 0.336 e. The molecule has 4 rings (SSSR count). The van der Waals surface area contributed by atoms with Crippen molar-refractivity contribution < 1.29 is 9.52 Å². The molecule has 6 heteroatoms. The Kier molecular flexibility index (Phi) is 4.96. The van der Waals surface area contributed by atoms with Gasteiger partial charge in [-0.05, 0) is 37.1 Å². The molecule has 0 atom stereocenters. The zero-order valence-electron chi connectivity index (χ0n) is 15.7. The smallest absolute Gasteiger partial charge is 0.336 e. The van der Waals surface area contributed by atoms with Crippen molar-refractivity contribution in [2.45, 2.75) is 31.2 Å². The molecule has 2 N–H and O–H groups in total. The van der Waals surface area contributed by atoms with Gasteiger partial charge in [-0.1, -0.05) is 42.1 Å². The third kappa shape index (κ3) is 3.68. The Morgan fingerprint density at radius 1 is 1.14 bits per heavy atom. The number of fused-ring (bicyclic) bond motifs is 1. The van der Waals surface area contributed by atoms with Gasteiger partial charge in [-0.15, -0.1) is 0 Å². The summed E-state index contributed by atoms with van der Waals surface area (Å²) < 4.78 is 5.31. The van der Waals surface area contributed by atoms with Gasteiger partial charge in [0.2, 0.25) is 0 Å². The lowest BCUT2D eigenvalue weighted by Gasteiger charge is -2.07. The van der Waals surface area contributed by atoms with Crippen LogP contribution in [-0.4, -0.2) is 15.1 Å². The van der Waals surface area contributed by atoms with E-state index in [0.29, 0.717) is 16.9 Å². The standard InChI is InChI=1S/C22H20N2O3S/c1-13-19(25)9-8-17-16(11-20(26)27-21(13)17)12-28-22-23-14(2)18(24-22)10-15-6-4-3-5-7-15/h3-9,11,25H,10,12H2,1-2H3,(H,23,24). The molecule has 0 amide bonds. The summed E-state index contributed by atoms with van der Waals surface area (Å²) in [4.78, 5) is 20.0. The first-order valence-corrected chi connectivity index (χ1v) is 9.97. The van der Waals surface area contributed by atoms with Crippen molar-refractivity contribution in [2.75, 3.05) is 0 Å². The Balaban J connectivity index is 1.58. The summed E-state index contributed by atoms with van der Waals surface area (Å²) >= 11 is 1.54. The molecule has 0 spiro atoms. The van der Waals surface area contributed by atoms with Crippen LogP contribution in [0.25, 0.3) is 11.0 Å². The molecule has 0 radical (unpaired) electrons. The number of rotatable bonds is 5. The minimum absolute atomic E-state index is 0.118. The van der Waals surface area contributed by atoms with Crippen LogP contribution in [-0.2, 0) is 12.2 Å². The van der Waals surface area contributed by atoms with Crippen molar-refractivity contribution >= 4 is 22.7 Å². The fourth-order valence-corrected chi connectivity index (χ4v) is 4.11. The van der Waals surface area contributed by atoms with Gasteiger partial charge in [0, 0.05) is 34.9 Å². The zero-order valence-corrected chi connectivity index (χ0v) is 16.5. The average Bonchev–Trinajstić information content (AvgIpc) is 3.03. The lowest BCUT2D eigenvalue weighted by atomic mass is 10.1. The minimum atomic E-state index is -0.419. The number of H-pyrrole nitrogens is 1. The van der Waals surface area contributed by atoms with Gasteiger partial charge in [-0.25, -0.2) is 9.78 Å². The highest BCUT2D eigenvalue weighted by Gasteiger charge is 2.13. The first-order valence-electron chi connectivity index (χ1n) is 8.99. The maximum atomic E-state index is 12.0. The van der Waals surface area contributed by atoms with Crippen molar-refractivity contribution in [1.29, 1.82) is 0 Å². The average molecular weight is 392 g/mol. The second kappa shape index (κ2) is 7.56. The molecule has 4 aromatic rings. The number of aromatic hydroxyl groups is 1. The molecule has 0 aliphatic heterocycles. The van der Waals surface area contributed by atoms with E-state index in [1.807, 2.05) is 25.1 Å². The van der Waals surface area contributed by atoms with Gasteiger partial charge in [-0.3, -0.25) is 0 Å². The van der Waals surface area contributed by atoms with Gasteiger partial charge < -0.3 is 14.5 Å². The largest absolute Gasteiger partial charge is 0.508 e. The Morgan fingerprint density at radius 2 is 1.93 bits per heavy atom. The van der Waals surface area contributed by atoms with Crippen LogP contribution >= 0.6 is 11.8 Å². The summed E-state index contributed by atoms with van der Waals surface area (Å²) in [6, 6.07) is 15.2. The zero-order chi connectivity index (χ0) is 19.7. The van der Waals surface area contributed by atoms with Gasteiger partial charge in [-0.2, -0.15) is 0 Å². The summed E-state index contributed by atoms with van der Waals surface area (Å²) in [7, 11) is 0. The van der Waals surface area contributed by atoms with E-state index < -0.39 is 5.63 Å². The van der Waals surface area contributed by atoms with Crippen LogP contribution in [0.5, 0.6) is 5.75 Å². The SMILES string of the molecule is Cc1[nH]c(SCc2cc(=O)oc3c(C)c(O)ccc23)nc1Cc1ccccc1. The highest BCUT2D eigenvalue weighted by Crippen LogP contribution is 2.30. The molecule has 2 aromatic carbocycles. The van der Waals surface area contributed by atoms with Crippen LogP contribution in [0.15, 0.2) is 62.9 Å². The number of phenols is 1. The number of benzene rings is 2. The van der Waals surface area contributed by atoms with E-state index in [0.717, 1.165) is 33.9 Å². The second-order valence-corrected chi connectivity index (χ2v) is 7.71. The molecule has 28 heavy (non-hydrogen) atoms. The normalized spacial score (nSPS) is 11.2. The van der Waals surface area contributed by atoms with Gasteiger partial charge in [0.05, 0.1) is 5.69 Å². The van der Waals surface area contributed by atoms with Gasteiger partial charge in [0.15, 0.2) is 5.16 Å². The van der Waals surface area contributed by atoms with E-state index in [1.54, 1.807) is 30.8 Å². The van der Waals surface area contributed by atoms with E-state index in [4.69, 9.17) is 9.40 Å². The van der Waals surface area contributed by atoms with E-state index in [-0.39, 0.29) is 5.75 Å². The lowest BCUT2D eigenvalue weighted by Crippen LogP contribution is -2.01. The number of nitrogens with one attached hydrogen (secondary N) is 1. The molecule has 0 aliphatic carbocycles. The molecular formula is C22H20N2O3S. The predicted octanol–water partition coefficient (Wildman–Crippen LogP) is 4.72. The number of hydrogen-bond acceptors (Lipinski definition) is 5. The van der Waals surface area contributed by atoms with E-state index >= 15 is 0 Å². The third-order valence-electron chi connectivity index (χ3n) is 4.76. The predicted molar refractivity (Wildman–Crippen MR) is 111 cm³/mol. The molecule has 0 saturated heterocycles. The number of hydrogen-bond donors (Lipinski definition) is 2. The Bertz CT molecular complexity index is 1200. The Morgan fingerprint density at radius 3 is 2.71 bits per heavy atom. The molecule has 0 aliphatic rings. The molecule has 2 aromatic heterocycles. The minimum Gasteiger partial charge on any atom is -0.508 e. The van der Waals surface area contributed by atoms with E-state index in [1.165, 1.54) is 11.6 Å². The van der Waals surface area contributed by atoms with E-state index in [2.05, 4.69) is 17.1 Å². The van der Waals surface area contributed by atoms with Crippen LogP contribution in [0.3, 0.4) is 0 Å². The fraction of sp³-hybridized carbons (Fsp3) is 0.182. The van der Waals surface area contributed by atoms with Crippen molar-refractivity contribution in [3.05, 3.63) is 87.0 Å². The summed E-state index contributed by atoms with van der Waals surface area (Å²) in [5, 5.41) is 11.5. The van der Waals surface area contributed by atoms with Crippen molar-refractivity contribution in [1.82, 2.24) is 9.97 Å². The number of nitrogens with zero attached hydrogens (tertiary/aromatic N) is 1. The van der Waals surface area contributed by atoms with Crippen molar-refractivity contribution in [3.8, 4) is 5.75 Å². The van der Waals surface area contributed by atoms with Crippen LogP contribution in [0.1, 0.15) is 28.1 Å². The molecule has 0 saturated carbocycles. The quantitative estimate of drug-likeness (QED) is 0.379. The molecular weight excluding hydrogens is 372 g/mol. The van der Waals surface area contributed by atoms with Crippen molar-refractivity contribution in [3.63, 3.8) is 0 Å². The van der Waals surface area contributed by atoms with Crippen LogP contribution in [0.2, 0.25) is 0 Å². The number of aromatic nitrogens is 2. The third-order valence-corrected chi connectivity index (χ3v) is 5.68. The van der Waals surface area contributed by atoms with Gasteiger partial charge >= 0.3 is 5.63 Å². The monoisotopic (exact) mass is 392 g/mol. The molecule has 2 heterocycles. The first kappa shape index (κ1) is 18.4. The maximum absolute atomic E-state index is 12.0. The Labute approximate surface area is 166 Å².